The normalized spacial score (nSPS) is 16.8. The zero-order valence-corrected chi connectivity index (χ0v) is 16.8. The number of likely N-dealkylation sites (N-methyl/N-ethyl adjacent to an activating group) is 1. The number of amides is 3. The Balaban J connectivity index is 1.71. The van der Waals surface area contributed by atoms with Gasteiger partial charge in [-0.25, -0.2) is 4.79 Å². The van der Waals surface area contributed by atoms with Gasteiger partial charge in [-0.2, -0.15) is 0 Å². The molecule has 142 valence electrons. The number of aryl methyl sites for hydroxylation is 2. The molecule has 1 aromatic carbocycles. The molecular formula is C19H20Cl2N4O2. The first-order valence-corrected chi connectivity index (χ1v) is 9.23. The predicted molar refractivity (Wildman–Crippen MR) is 106 cm³/mol. The number of benzene rings is 1. The van der Waals surface area contributed by atoms with E-state index in [1.54, 1.807) is 30.1 Å². The lowest BCUT2D eigenvalue weighted by atomic mass is 10.2. The van der Waals surface area contributed by atoms with E-state index in [1.807, 2.05) is 26.0 Å². The maximum atomic E-state index is 12.7. The Morgan fingerprint density at radius 3 is 2.67 bits per heavy atom. The Labute approximate surface area is 168 Å². The van der Waals surface area contributed by atoms with Crippen molar-refractivity contribution < 1.29 is 9.59 Å². The summed E-state index contributed by atoms with van der Waals surface area (Å²) < 4.78 is 0. The average Bonchev–Trinajstić information content (AvgIpc) is 2.90. The molecule has 8 heteroatoms. The van der Waals surface area contributed by atoms with Gasteiger partial charge in [0.15, 0.2) is 0 Å². The van der Waals surface area contributed by atoms with Crippen molar-refractivity contribution in [3.8, 4) is 0 Å². The number of halogens is 2. The van der Waals surface area contributed by atoms with E-state index < -0.39 is 6.04 Å². The SMILES string of the molecule is Cc1ccc(N2C[C@@H](C(=O)NCc3ccc(Cl)cc3Cl)N(C)C2=O)c(C)n1. The molecule has 3 amide bonds. The van der Waals surface area contributed by atoms with Crippen LogP contribution in [0.2, 0.25) is 10.0 Å². The lowest BCUT2D eigenvalue weighted by Gasteiger charge is -2.18. The van der Waals surface area contributed by atoms with Gasteiger partial charge in [-0.1, -0.05) is 29.3 Å². The summed E-state index contributed by atoms with van der Waals surface area (Å²) in [5.41, 5.74) is 3.11. The summed E-state index contributed by atoms with van der Waals surface area (Å²) >= 11 is 12.0. The van der Waals surface area contributed by atoms with Crippen LogP contribution in [-0.2, 0) is 11.3 Å². The molecule has 27 heavy (non-hydrogen) atoms. The minimum atomic E-state index is -0.593. The van der Waals surface area contributed by atoms with Crippen molar-refractivity contribution in [1.82, 2.24) is 15.2 Å². The van der Waals surface area contributed by atoms with E-state index >= 15 is 0 Å². The standard InChI is InChI=1S/C19H20Cl2N4O2/c1-11-4-7-16(12(2)23-11)25-10-17(24(3)19(25)27)18(26)22-9-13-5-6-14(20)8-15(13)21/h4-8,17H,9-10H2,1-3H3,(H,22,26)/t17-/m0/s1. The number of rotatable bonds is 4. The number of hydrogen-bond acceptors (Lipinski definition) is 3. The molecule has 1 aliphatic heterocycles. The second kappa shape index (κ2) is 7.74. The van der Waals surface area contributed by atoms with Crippen LogP contribution in [0, 0.1) is 13.8 Å². The smallest absolute Gasteiger partial charge is 0.325 e. The van der Waals surface area contributed by atoms with Gasteiger partial charge in [0.05, 0.1) is 17.9 Å². The summed E-state index contributed by atoms with van der Waals surface area (Å²) in [6.45, 7) is 4.28. The average molecular weight is 407 g/mol. The molecule has 6 nitrogen and oxygen atoms in total. The molecule has 3 rings (SSSR count). The first-order chi connectivity index (χ1) is 12.8. The third-order valence-corrected chi connectivity index (χ3v) is 5.20. The minimum absolute atomic E-state index is 0.228. The number of carbonyl (C=O) groups excluding carboxylic acids is 2. The zero-order valence-electron chi connectivity index (χ0n) is 15.3. The Hall–Kier alpha value is -2.31. The van der Waals surface area contributed by atoms with Gasteiger partial charge >= 0.3 is 6.03 Å². The fourth-order valence-corrected chi connectivity index (χ4v) is 3.56. The molecule has 1 aromatic heterocycles. The number of nitrogens with one attached hydrogen (secondary N) is 1. The van der Waals surface area contributed by atoms with Gasteiger partial charge in [0.2, 0.25) is 5.91 Å². The van der Waals surface area contributed by atoms with Crippen LogP contribution in [-0.4, -0.2) is 41.5 Å². The highest BCUT2D eigenvalue weighted by atomic mass is 35.5. The van der Waals surface area contributed by atoms with Gasteiger partial charge in [-0.15, -0.1) is 0 Å². The molecule has 2 aromatic rings. The van der Waals surface area contributed by atoms with Crippen molar-refractivity contribution in [3.05, 3.63) is 57.3 Å². The van der Waals surface area contributed by atoms with Gasteiger partial charge in [0.25, 0.3) is 0 Å². The Kier molecular flexibility index (Phi) is 5.58. The van der Waals surface area contributed by atoms with E-state index in [1.165, 1.54) is 4.90 Å². The third-order valence-electron chi connectivity index (χ3n) is 4.61. The topological polar surface area (TPSA) is 65.5 Å². The first kappa shape index (κ1) is 19.5. The van der Waals surface area contributed by atoms with Gasteiger partial charge in [0.1, 0.15) is 6.04 Å². The number of aromatic nitrogens is 1. The maximum Gasteiger partial charge on any atom is 0.325 e. The van der Waals surface area contributed by atoms with Crippen LogP contribution in [0.1, 0.15) is 17.0 Å². The van der Waals surface area contributed by atoms with Crippen molar-refractivity contribution in [2.24, 2.45) is 0 Å². The largest absolute Gasteiger partial charge is 0.350 e. The minimum Gasteiger partial charge on any atom is -0.350 e. The zero-order chi connectivity index (χ0) is 19.7. The molecular weight excluding hydrogens is 387 g/mol. The van der Waals surface area contributed by atoms with Crippen LogP contribution in [0.5, 0.6) is 0 Å². The Morgan fingerprint density at radius 2 is 2.00 bits per heavy atom. The number of anilines is 1. The highest BCUT2D eigenvalue weighted by molar-refractivity contribution is 6.35. The summed E-state index contributed by atoms with van der Waals surface area (Å²) in [5.74, 6) is -0.239. The van der Waals surface area contributed by atoms with Crippen molar-refractivity contribution in [1.29, 1.82) is 0 Å². The van der Waals surface area contributed by atoms with Crippen LogP contribution in [0.4, 0.5) is 10.5 Å². The Bertz CT molecular complexity index is 903. The molecule has 0 spiro atoms. The highest BCUT2D eigenvalue weighted by Gasteiger charge is 2.40. The molecule has 0 saturated carbocycles. The first-order valence-electron chi connectivity index (χ1n) is 8.48. The molecule has 0 aliphatic carbocycles. The Morgan fingerprint density at radius 1 is 1.26 bits per heavy atom. The molecule has 1 N–H and O–H groups in total. The van der Waals surface area contributed by atoms with Crippen LogP contribution < -0.4 is 10.2 Å². The van der Waals surface area contributed by atoms with Gasteiger partial charge in [0, 0.05) is 29.3 Å². The molecule has 2 heterocycles. The quantitative estimate of drug-likeness (QED) is 0.843. The maximum absolute atomic E-state index is 12.7. The fraction of sp³-hybridized carbons (Fsp3) is 0.316. The lowest BCUT2D eigenvalue weighted by molar-refractivity contribution is -0.124. The lowest BCUT2D eigenvalue weighted by Crippen LogP contribution is -2.43. The predicted octanol–water partition coefficient (Wildman–Crippen LogP) is 3.56. The van der Waals surface area contributed by atoms with Crippen molar-refractivity contribution in [2.75, 3.05) is 18.5 Å². The van der Waals surface area contributed by atoms with Crippen molar-refractivity contribution >= 4 is 40.8 Å². The van der Waals surface area contributed by atoms with Crippen LogP contribution in [0.25, 0.3) is 0 Å². The highest BCUT2D eigenvalue weighted by Crippen LogP contribution is 2.26. The summed E-state index contributed by atoms with van der Waals surface area (Å²) in [4.78, 5) is 32.7. The number of urea groups is 1. The van der Waals surface area contributed by atoms with Crippen LogP contribution >= 0.6 is 23.2 Å². The van der Waals surface area contributed by atoms with E-state index in [0.29, 0.717) is 15.7 Å². The summed E-state index contributed by atoms with van der Waals surface area (Å²) in [6.07, 6.45) is 0. The van der Waals surface area contributed by atoms with Crippen molar-refractivity contribution in [2.45, 2.75) is 26.4 Å². The van der Waals surface area contributed by atoms with Crippen LogP contribution in [0.3, 0.4) is 0 Å². The summed E-state index contributed by atoms with van der Waals surface area (Å²) in [5, 5.41) is 3.87. The molecule has 0 unspecified atom stereocenters. The molecule has 1 atom stereocenters. The van der Waals surface area contributed by atoms with E-state index in [-0.39, 0.29) is 25.0 Å². The second-order valence-electron chi connectivity index (χ2n) is 6.53. The van der Waals surface area contributed by atoms with Crippen molar-refractivity contribution in [3.63, 3.8) is 0 Å². The second-order valence-corrected chi connectivity index (χ2v) is 7.37. The fourth-order valence-electron chi connectivity index (χ4n) is 3.09. The molecule has 0 bridgehead atoms. The van der Waals surface area contributed by atoms with E-state index in [9.17, 15) is 9.59 Å². The van der Waals surface area contributed by atoms with Crippen LogP contribution in [0.15, 0.2) is 30.3 Å². The molecule has 0 radical (unpaired) electrons. The third kappa shape index (κ3) is 4.01. The van der Waals surface area contributed by atoms with E-state index in [2.05, 4.69) is 10.3 Å². The van der Waals surface area contributed by atoms with E-state index in [0.717, 1.165) is 17.0 Å². The van der Waals surface area contributed by atoms with E-state index in [4.69, 9.17) is 23.2 Å². The molecule has 1 fully saturated rings. The monoisotopic (exact) mass is 406 g/mol. The molecule has 1 aliphatic rings. The number of hydrogen-bond donors (Lipinski definition) is 1. The summed E-state index contributed by atoms with van der Waals surface area (Å²) in [6, 6.07) is 8.00. The number of carbonyl (C=O) groups is 2. The van der Waals surface area contributed by atoms with Gasteiger partial charge in [-0.05, 0) is 43.7 Å². The van der Waals surface area contributed by atoms with Gasteiger partial charge < -0.3 is 10.2 Å². The molecule has 1 saturated heterocycles. The summed E-state index contributed by atoms with van der Waals surface area (Å²) in [7, 11) is 1.62. The number of nitrogens with zero attached hydrogens (tertiary/aromatic N) is 3. The van der Waals surface area contributed by atoms with Gasteiger partial charge in [-0.3, -0.25) is 14.7 Å². The number of pyridine rings is 1.